The van der Waals surface area contributed by atoms with Crippen molar-refractivity contribution in [1.82, 2.24) is 0 Å². The number of para-hydroxylation sites is 2. The highest BCUT2D eigenvalue weighted by Gasteiger charge is 2.10. The van der Waals surface area contributed by atoms with Crippen molar-refractivity contribution in [1.29, 1.82) is 0 Å². The van der Waals surface area contributed by atoms with Gasteiger partial charge >= 0.3 is 6.16 Å². The van der Waals surface area contributed by atoms with E-state index >= 15 is 0 Å². The summed E-state index contributed by atoms with van der Waals surface area (Å²) in [4.78, 5) is 11.9. The SMILES string of the molecule is CCCCCCc1ccccc1OC(=O)Oc1ccccc1. The van der Waals surface area contributed by atoms with Gasteiger partial charge in [-0.2, -0.15) is 0 Å². The number of carbonyl (C=O) groups excluding carboxylic acids is 1. The maximum atomic E-state index is 11.9. The van der Waals surface area contributed by atoms with Crippen LogP contribution < -0.4 is 9.47 Å². The molecule has 0 saturated heterocycles. The maximum Gasteiger partial charge on any atom is 0.519 e. The minimum atomic E-state index is -0.702. The van der Waals surface area contributed by atoms with E-state index in [1.807, 2.05) is 36.4 Å². The van der Waals surface area contributed by atoms with E-state index in [9.17, 15) is 4.79 Å². The Hall–Kier alpha value is -2.29. The summed E-state index contributed by atoms with van der Waals surface area (Å²) >= 11 is 0. The molecule has 22 heavy (non-hydrogen) atoms. The molecule has 0 spiro atoms. The third-order valence-corrected chi connectivity index (χ3v) is 3.41. The fraction of sp³-hybridized carbons (Fsp3) is 0.316. The van der Waals surface area contributed by atoms with E-state index in [0.717, 1.165) is 18.4 Å². The van der Waals surface area contributed by atoms with Crippen LogP contribution in [0.25, 0.3) is 0 Å². The van der Waals surface area contributed by atoms with Crippen LogP contribution in [0.4, 0.5) is 4.79 Å². The summed E-state index contributed by atoms with van der Waals surface area (Å²) in [7, 11) is 0. The number of ether oxygens (including phenoxy) is 2. The van der Waals surface area contributed by atoms with Crippen molar-refractivity contribution in [2.75, 3.05) is 0 Å². The monoisotopic (exact) mass is 298 g/mol. The van der Waals surface area contributed by atoms with Crippen molar-refractivity contribution in [2.24, 2.45) is 0 Å². The maximum absolute atomic E-state index is 11.9. The summed E-state index contributed by atoms with van der Waals surface area (Å²) < 4.78 is 10.5. The van der Waals surface area contributed by atoms with Gasteiger partial charge in [-0.3, -0.25) is 0 Å². The van der Waals surface area contributed by atoms with E-state index in [2.05, 4.69) is 6.92 Å². The molecule has 0 saturated carbocycles. The lowest BCUT2D eigenvalue weighted by Crippen LogP contribution is -2.14. The number of hydrogen-bond donors (Lipinski definition) is 0. The highest BCUT2D eigenvalue weighted by atomic mass is 16.7. The van der Waals surface area contributed by atoms with E-state index in [4.69, 9.17) is 9.47 Å². The molecule has 2 rings (SSSR count). The molecule has 0 aliphatic carbocycles. The van der Waals surface area contributed by atoms with Crippen molar-refractivity contribution in [3.05, 3.63) is 60.2 Å². The summed E-state index contributed by atoms with van der Waals surface area (Å²) in [5, 5.41) is 0. The van der Waals surface area contributed by atoms with E-state index < -0.39 is 6.16 Å². The normalized spacial score (nSPS) is 10.2. The zero-order chi connectivity index (χ0) is 15.6. The molecule has 0 amide bonds. The van der Waals surface area contributed by atoms with Crippen LogP contribution in [0.15, 0.2) is 54.6 Å². The van der Waals surface area contributed by atoms with Crippen LogP contribution in [0.1, 0.15) is 38.2 Å². The first kappa shape index (κ1) is 16.1. The summed E-state index contributed by atoms with van der Waals surface area (Å²) in [5.74, 6) is 1.06. The molecule has 0 aliphatic rings. The van der Waals surface area contributed by atoms with Gasteiger partial charge in [0.05, 0.1) is 0 Å². The Kier molecular flexibility index (Phi) is 6.49. The van der Waals surface area contributed by atoms with Gasteiger partial charge < -0.3 is 9.47 Å². The zero-order valence-corrected chi connectivity index (χ0v) is 13.0. The van der Waals surface area contributed by atoms with Crippen LogP contribution in [0.2, 0.25) is 0 Å². The number of hydrogen-bond acceptors (Lipinski definition) is 3. The molecule has 0 N–H and O–H groups in total. The van der Waals surface area contributed by atoms with Gasteiger partial charge in [-0.1, -0.05) is 62.6 Å². The van der Waals surface area contributed by atoms with Gasteiger partial charge in [0.2, 0.25) is 0 Å². The Morgan fingerprint density at radius 2 is 1.59 bits per heavy atom. The fourth-order valence-corrected chi connectivity index (χ4v) is 2.25. The third kappa shape index (κ3) is 5.24. The van der Waals surface area contributed by atoms with Gasteiger partial charge in [-0.15, -0.1) is 0 Å². The average molecular weight is 298 g/mol. The van der Waals surface area contributed by atoms with Crippen molar-refractivity contribution < 1.29 is 14.3 Å². The van der Waals surface area contributed by atoms with Crippen molar-refractivity contribution >= 4 is 6.16 Å². The second-order valence-electron chi connectivity index (χ2n) is 5.19. The van der Waals surface area contributed by atoms with Crippen molar-refractivity contribution in [2.45, 2.75) is 39.0 Å². The molecule has 0 heterocycles. The van der Waals surface area contributed by atoms with E-state index in [1.165, 1.54) is 19.3 Å². The van der Waals surface area contributed by atoms with Crippen LogP contribution in [-0.4, -0.2) is 6.16 Å². The smallest absolute Gasteiger partial charge is 0.395 e. The van der Waals surface area contributed by atoms with Crippen molar-refractivity contribution in [3.8, 4) is 11.5 Å². The molecule has 0 unspecified atom stereocenters. The van der Waals surface area contributed by atoms with Gasteiger partial charge in [0.25, 0.3) is 0 Å². The molecule has 3 nitrogen and oxygen atoms in total. The Balaban J connectivity index is 1.92. The standard InChI is InChI=1S/C19H22O3/c1-2-3-4-6-11-16-12-9-10-15-18(16)22-19(20)21-17-13-7-5-8-14-17/h5,7-10,12-15H,2-4,6,11H2,1H3. The largest absolute Gasteiger partial charge is 0.519 e. The molecule has 0 bridgehead atoms. The average Bonchev–Trinajstić information content (AvgIpc) is 2.54. The van der Waals surface area contributed by atoms with Crippen LogP contribution in [0.3, 0.4) is 0 Å². The molecule has 2 aromatic carbocycles. The zero-order valence-electron chi connectivity index (χ0n) is 13.0. The topological polar surface area (TPSA) is 35.5 Å². The second-order valence-corrected chi connectivity index (χ2v) is 5.19. The number of benzene rings is 2. The molecule has 2 aromatic rings. The molecule has 0 fully saturated rings. The van der Waals surface area contributed by atoms with Gasteiger partial charge in [-0.05, 0) is 36.6 Å². The first-order valence-electron chi connectivity index (χ1n) is 7.82. The first-order chi connectivity index (χ1) is 10.8. The molecular formula is C19H22O3. The number of carbonyl (C=O) groups is 1. The predicted octanol–water partition coefficient (Wildman–Crippen LogP) is 5.39. The van der Waals surface area contributed by atoms with E-state index in [1.54, 1.807) is 18.2 Å². The summed E-state index contributed by atoms with van der Waals surface area (Å²) in [6.45, 7) is 2.19. The molecule has 116 valence electrons. The molecule has 0 aromatic heterocycles. The van der Waals surface area contributed by atoms with Crippen LogP contribution >= 0.6 is 0 Å². The first-order valence-corrected chi connectivity index (χ1v) is 7.82. The summed E-state index contributed by atoms with van der Waals surface area (Å²) in [6, 6.07) is 16.6. The lowest BCUT2D eigenvalue weighted by atomic mass is 10.1. The number of rotatable bonds is 7. The van der Waals surface area contributed by atoms with Crippen LogP contribution in [0, 0.1) is 0 Å². The highest BCUT2D eigenvalue weighted by Crippen LogP contribution is 2.21. The lowest BCUT2D eigenvalue weighted by molar-refractivity contribution is 0.151. The molecule has 3 heteroatoms. The third-order valence-electron chi connectivity index (χ3n) is 3.41. The van der Waals surface area contributed by atoms with Crippen LogP contribution in [-0.2, 0) is 6.42 Å². The number of unbranched alkanes of at least 4 members (excludes halogenated alkanes) is 3. The molecule has 0 radical (unpaired) electrons. The predicted molar refractivity (Wildman–Crippen MR) is 87.4 cm³/mol. The van der Waals surface area contributed by atoms with Gasteiger partial charge in [0.1, 0.15) is 11.5 Å². The van der Waals surface area contributed by atoms with Crippen molar-refractivity contribution in [3.63, 3.8) is 0 Å². The minimum absolute atomic E-state index is 0.480. The van der Waals surface area contributed by atoms with Gasteiger partial charge in [0.15, 0.2) is 0 Å². The quantitative estimate of drug-likeness (QED) is 0.391. The van der Waals surface area contributed by atoms with E-state index in [-0.39, 0.29) is 0 Å². The molecule has 0 aliphatic heterocycles. The minimum Gasteiger partial charge on any atom is -0.395 e. The van der Waals surface area contributed by atoms with E-state index in [0.29, 0.717) is 11.5 Å². The number of aryl methyl sites for hydroxylation is 1. The Bertz CT molecular complexity index is 578. The Morgan fingerprint density at radius 1 is 0.864 bits per heavy atom. The summed E-state index contributed by atoms with van der Waals surface area (Å²) in [6.07, 6.45) is 4.95. The Morgan fingerprint density at radius 3 is 2.36 bits per heavy atom. The Labute approximate surface area is 131 Å². The fourth-order valence-electron chi connectivity index (χ4n) is 2.25. The molecule has 0 atom stereocenters. The van der Waals surface area contributed by atoms with Gasteiger partial charge in [-0.25, -0.2) is 4.79 Å². The van der Waals surface area contributed by atoms with Gasteiger partial charge in [0, 0.05) is 0 Å². The highest BCUT2D eigenvalue weighted by molar-refractivity contribution is 5.67. The summed E-state index contributed by atoms with van der Waals surface area (Å²) in [5.41, 5.74) is 1.05. The lowest BCUT2D eigenvalue weighted by Gasteiger charge is -2.10. The second kappa shape index (κ2) is 8.88. The van der Waals surface area contributed by atoms with Crippen LogP contribution in [0.5, 0.6) is 11.5 Å². The molecular weight excluding hydrogens is 276 g/mol.